The summed E-state index contributed by atoms with van der Waals surface area (Å²) in [6.45, 7) is 0.715. The van der Waals surface area contributed by atoms with E-state index in [1.165, 1.54) is 7.11 Å². The number of methoxy groups -OCH3 is 1. The van der Waals surface area contributed by atoms with Gasteiger partial charge in [-0.25, -0.2) is 4.79 Å². The van der Waals surface area contributed by atoms with E-state index in [1.54, 1.807) is 0 Å². The highest BCUT2D eigenvalue weighted by Gasteiger charge is 2.15. The van der Waals surface area contributed by atoms with Gasteiger partial charge in [0.05, 0.1) is 7.11 Å². The van der Waals surface area contributed by atoms with Gasteiger partial charge >= 0.3 is 5.97 Å². The summed E-state index contributed by atoms with van der Waals surface area (Å²) in [5.41, 5.74) is 0. The summed E-state index contributed by atoms with van der Waals surface area (Å²) < 4.78 is 14.8. The molecule has 12 heavy (non-hydrogen) atoms. The number of ether oxygens (including phenoxy) is 3. The molecule has 0 unspecified atom stereocenters. The van der Waals surface area contributed by atoms with Gasteiger partial charge in [-0.2, -0.15) is 0 Å². The standard InChI is InChI=1S/C8H14O4/c1-10-7(9)6-12-8-4-2-3-5-11-8/h8H,2-6H2,1H3/t8-/m0/s1. The van der Waals surface area contributed by atoms with Crippen molar-refractivity contribution in [3.05, 3.63) is 0 Å². The van der Waals surface area contributed by atoms with Gasteiger partial charge in [-0.05, 0) is 19.3 Å². The Morgan fingerprint density at radius 2 is 2.42 bits per heavy atom. The first kappa shape index (κ1) is 9.48. The molecule has 0 spiro atoms. The van der Waals surface area contributed by atoms with Gasteiger partial charge in [-0.1, -0.05) is 0 Å². The van der Waals surface area contributed by atoms with Crippen LogP contribution in [0.3, 0.4) is 0 Å². The normalized spacial score (nSPS) is 23.6. The van der Waals surface area contributed by atoms with Crippen molar-refractivity contribution >= 4 is 5.97 Å². The molecule has 4 nitrogen and oxygen atoms in total. The van der Waals surface area contributed by atoms with Crippen molar-refractivity contribution in [2.45, 2.75) is 25.6 Å². The average molecular weight is 174 g/mol. The van der Waals surface area contributed by atoms with E-state index in [0.717, 1.165) is 25.9 Å². The van der Waals surface area contributed by atoms with Gasteiger partial charge < -0.3 is 14.2 Å². The molecule has 1 rings (SSSR count). The lowest BCUT2D eigenvalue weighted by Crippen LogP contribution is -2.25. The number of carbonyl (C=O) groups excluding carboxylic acids is 1. The summed E-state index contributed by atoms with van der Waals surface area (Å²) in [5, 5.41) is 0. The Bertz CT molecular complexity index is 140. The highest BCUT2D eigenvalue weighted by Crippen LogP contribution is 2.13. The van der Waals surface area contributed by atoms with Crippen molar-refractivity contribution in [2.75, 3.05) is 20.3 Å². The average Bonchev–Trinajstić information content (AvgIpc) is 2.16. The topological polar surface area (TPSA) is 44.8 Å². The summed E-state index contributed by atoms with van der Waals surface area (Å²) in [4.78, 5) is 10.7. The van der Waals surface area contributed by atoms with Crippen molar-refractivity contribution in [2.24, 2.45) is 0 Å². The molecule has 0 bridgehead atoms. The first-order chi connectivity index (χ1) is 5.83. The first-order valence-corrected chi connectivity index (χ1v) is 4.13. The Kier molecular flexibility index (Phi) is 4.04. The molecule has 0 amide bonds. The Labute approximate surface area is 71.8 Å². The second-order valence-electron chi connectivity index (χ2n) is 2.68. The third-order valence-corrected chi connectivity index (χ3v) is 1.75. The van der Waals surface area contributed by atoms with E-state index in [9.17, 15) is 4.79 Å². The van der Waals surface area contributed by atoms with Crippen LogP contribution in [0.1, 0.15) is 19.3 Å². The number of esters is 1. The minimum Gasteiger partial charge on any atom is -0.467 e. The monoisotopic (exact) mass is 174 g/mol. The van der Waals surface area contributed by atoms with Crippen molar-refractivity contribution in [1.82, 2.24) is 0 Å². The number of hydrogen-bond donors (Lipinski definition) is 0. The highest BCUT2D eigenvalue weighted by molar-refractivity contribution is 5.70. The molecule has 1 heterocycles. The van der Waals surface area contributed by atoms with Gasteiger partial charge in [0.2, 0.25) is 0 Å². The zero-order chi connectivity index (χ0) is 8.81. The summed E-state index contributed by atoms with van der Waals surface area (Å²) in [6, 6.07) is 0. The molecule has 1 saturated heterocycles. The Morgan fingerprint density at radius 1 is 1.58 bits per heavy atom. The molecule has 70 valence electrons. The van der Waals surface area contributed by atoms with Crippen LogP contribution in [0.2, 0.25) is 0 Å². The van der Waals surface area contributed by atoms with Crippen LogP contribution in [0.15, 0.2) is 0 Å². The minimum atomic E-state index is -0.357. The minimum absolute atomic E-state index is 0.0127. The molecule has 1 atom stereocenters. The van der Waals surface area contributed by atoms with Gasteiger partial charge in [-0.15, -0.1) is 0 Å². The van der Waals surface area contributed by atoms with Gasteiger partial charge in [0.25, 0.3) is 0 Å². The fourth-order valence-electron chi connectivity index (χ4n) is 1.06. The van der Waals surface area contributed by atoms with Gasteiger partial charge in [0.15, 0.2) is 6.29 Å². The summed E-state index contributed by atoms with van der Waals surface area (Å²) in [7, 11) is 1.34. The molecule has 1 fully saturated rings. The molecular formula is C8H14O4. The Morgan fingerprint density at radius 3 is 3.00 bits per heavy atom. The summed E-state index contributed by atoms with van der Waals surface area (Å²) in [6.07, 6.45) is 2.85. The Hall–Kier alpha value is -0.610. The van der Waals surface area contributed by atoms with Crippen LogP contribution in [0, 0.1) is 0 Å². The van der Waals surface area contributed by atoms with E-state index in [4.69, 9.17) is 9.47 Å². The molecule has 0 aromatic carbocycles. The molecule has 1 aliphatic rings. The quantitative estimate of drug-likeness (QED) is 0.591. The highest BCUT2D eigenvalue weighted by atomic mass is 16.7. The van der Waals surface area contributed by atoms with Crippen molar-refractivity contribution in [3.8, 4) is 0 Å². The van der Waals surface area contributed by atoms with Gasteiger partial charge in [-0.3, -0.25) is 0 Å². The van der Waals surface area contributed by atoms with E-state index >= 15 is 0 Å². The molecule has 0 aromatic heterocycles. The van der Waals surface area contributed by atoms with E-state index in [-0.39, 0.29) is 18.9 Å². The molecule has 0 saturated carbocycles. The lowest BCUT2D eigenvalue weighted by Gasteiger charge is -2.21. The molecular weight excluding hydrogens is 160 g/mol. The second-order valence-corrected chi connectivity index (χ2v) is 2.68. The Balaban J connectivity index is 2.09. The number of rotatable bonds is 3. The maximum absolute atomic E-state index is 10.7. The predicted octanol–water partition coefficient (Wildman–Crippen LogP) is 0.703. The molecule has 4 heteroatoms. The van der Waals surface area contributed by atoms with Gasteiger partial charge in [0, 0.05) is 6.61 Å². The summed E-state index contributed by atoms with van der Waals surface area (Å²) >= 11 is 0. The lowest BCUT2D eigenvalue weighted by molar-refractivity contribution is -0.180. The molecule has 0 radical (unpaired) electrons. The van der Waals surface area contributed by atoms with E-state index in [2.05, 4.69) is 4.74 Å². The maximum atomic E-state index is 10.7. The SMILES string of the molecule is COC(=O)CO[C@H]1CCCCO1. The third-order valence-electron chi connectivity index (χ3n) is 1.75. The third kappa shape index (κ3) is 3.19. The molecule has 1 aliphatic heterocycles. The van der Waals surface area contributed by atoms with Crippen LogP contribution in [0.5, 0.6) is 0 Å². The second kappa shape index (κ2) is 5.11. The first-order valence-electron chi connectivity index (χ1n) is 4.13. The maximum Gasteiger partial charge on any atom is 0.331 e. The van der Waals surface area contributed by atoms with Crippen molar-refractivity contribution in [3.63, 3.8) is 0 Å². The van der Waals surface area contributed by atoms with E-state index in [1.807, 2.05) is 0 Å². The number of carbonyl (C=O) groups is 1. The zero-order valence-corrected chi connectivity index (χ0v) is 7.25. The predicted molar refractivity (Wildman–Crippen MR) is 41.6 cm³/mol. The van der Waals surface area contributed by atoms with Crippen LogP contribution in [-0.4, -0.2) is 32.6 Å². The lowest BCUT2D eigenvalue weighted by atomic mass is 10.2. The van der Waals surface area contributed by atoms with E-state index in [0.29, 0.717) is 0 Å². The van der Waals surface area contributed by atoms with Crippen LogP contribution >= 0.6 is 0 Å². The molecule has 0 aliphatic carbocycles. The molecule has 0 aromatic rings. The van der Waals surface area contributed by atoms with Crippen LogP contribution in [0.4, 0.5) is 0 Å². The smallest absolute Gasteiger partial charge is 0.331 e. The van der Waals surface area contributed by atoms with Gasteiger partial charge in [0.1, 0.15) is 6.61 Å². The zero-order valence-electron chi connectivity index (χ0n) is 7.25. The van der Waals surface area contributed by atoms with Crippen LogP contribution in [0.25, 0.3) is 0 Å². The number of hydrogen-bond acceptors (Lipinski definition) is 4. The fraction of sp³-hybridized carbons (Fsp3) is 0.875. The van der Waals surface area contributed by atoms with Crippen LogP contribution in [-0.2, 0) is 19.0 Å². The largest absolute Gasteiger partial charge is 0.467 e. The van der Waals surface area contributed by atoms with Crippen molar-refractivity contribution < 1.29 is 19.0 Å². The fourth-order valence-corrected chi connectivity index (χ4v) is 1.06. The van der Waals surface area contributed by atoms with Crippen molar-refractivity contribution in [1.29, 1.82) is 0 Å². The van der Waals surface area contributed by atoms with Crippen LogP contribution < -0.4 is 0 Å². The molecule has 0 N–H and O–H groups in total. The van der Waals surface area contributed by atoms with E-state index < -0.39 is 0 Å². The summed E-state index contributed by atoms with van der Waals surface area (Å²) in [5.74, 6) is -0.357.